The zero-order chi connectivity index (χ0) is 16.4. The first-order valence-electron chi connectivity index (χ1n) is 8.66. The Morgan fingerprint density at radius 3 is 2.96 bits per heavy atom. The minimum Gasteiger partial charge on any atom is -0.444 e. The van der Waals surface area contributed by atoms with Crippen molar-refractivity contribution in [2.24, 2.45) is 0 Å². The molecule has 0 radical (unpaired) electrons. The van der Waals surface area contributed by atoms with Crippen molar-refractivity contribution in [3.63, 3.8) is 0 Å². The molecule has 2 saturated heterocycles. The van der Waals surface area contributed by atoms with E-state index in [4.69, 9.17) is 4.74 Å². The molecule has 3 rings (SSSR count). The molecular weight excluding hydrogens is 292 g/mol. The average Bonchev–Trinajstić information content (AvgIpc) is 3.11. The molecule has 23 heavy (non-hydrogen) atoms. The molecular formula is C17H28N4O2. The van der Waals surface area contributed by atoms with E-state index in [2.05, 4.69) is 19.8 Å². The van der Waals surface area contributed by atoms with E-state index in [9.17, 15) is 4.79 Å². The fourth-order valence-electron chi connectivity index (χ4n) is 3.81. The molecule has 2 atom stereocenters. The zero-order valence-electron chi connectivity index (χ0n) is 14.4. The minimum atomic E-state index is -0.457. The van der Waals surface area contributed by atoms with E-state index in [1.807, 2.05) is 33.3 Å². The third-order valence-electron chi connectivity index (χ3n) is 4.72. The Labute approximate surface area is 138 Å². The maximum absolute atomic E-state index is 11.7. The molecule has 6 heteroatoms. The first-order valence-corrected chi connectivity index (χ1v) is 8.66. The van der Waals surface area contributed by atoms with Crippen molar-refractivity contribution in [3.05, 3.63) is 18.2 Å². The number of fused-ring (bicyclic) bond motifs is 1. The maximum atomic E-state index is 11.7. The number of carbonyl (C=O) groups is 1. The Balaban J connectivity index is 1.54. The fraction of sp³-hybridized carbons (Fsp3) is 0.765. The summed E-state index contributed by atoms with van der Waals surface area (Å²) in [5, 5.41) is 2.83. The highest BCUT2D eigenvalue weighted by Gasteiger charge is 2.38. The Morgan fingerprint density at radius 1 is 1.35 bits per heavy atom. The molecule has 128 valence electrons. The molecule has 2 fully saturated rings. The van der Waals surface area contributed by atoms with Crippen LogP contribution < -0.4 is 5.32 Å². The monoisotopic (exact) mass is 320 g/mol. The van der Waals surface area contributed by atoms with Crippen LogP contribution in [0.3, 0.4) is 0 Å². The molecule has 0 aliphatic carbocycles. The third kappa shape index (κ3) is 3.86. The lowest BCUT2D eigenvalue weighted by atomic mass is 10.1. The van der Waals surface area contributed by atoms with Gasteiger partial charge in [0.25, 0.3) is 0 Å². The van der Waals surface area contributed by atoms with Gasteiger partial charge < -0.3 is 14.6 Å². The topological polar surface area (TPSA) is 59.4 Å². The predicted octanol–water partition coefficient (Wildman–Crippen LogP) is 2.36. The highest BCUT2D eigenvalue weighted by atomic mass is 16.6. The summed E-state index contributed by atoms with van der Waals surface area (Å²) >= 11 is 0. The number of nitrogens with zero attached hydrogens (tertiary/aromatic N) is 3. The number of hydrogen-bond donors (Lipinski definition) is 1. The van der Waals surface area contributed by atoms with E-state index >= 15 is 0 Å². The Hall–Kier alpha value is -1.56. The molecule has 0 aromatic carbocycles. The molecule has 6 nitrogen and oxygen atoms in total. The second-order valence-corrected chi connectivity index (χ2v) is 7.57. The van der Waals surface area contributed by atoms with Crippen molar-refractivity contribution in [1.29, 1.82) is 0 Å². The molecule has 1 aromatic heterocycles. The molecule has 2 aliphatic heterocycles. The number of amides is 1. The SMILES string of the molecule is CC(C)(C)OC(=O)NCCc1cncn1C1CCN2CCCC12. The molecule has 0 bridgehead atoms. The van der Waals surface area contributed by atoms with Crippen LogP contribution in [-0.4, -0.2) is 51.8 Å². The van der Waals surface area contributed by atoms with E-state index in [0.29, 0.717) is 18.6 Å². The van der Waals surface area contributed by atoms with Gasteiger partial charge in [0.1, 0.15) is 5.60 Å². The van der Waals surface area contributed by atoms with Crippen LogP contribution in [0, 0.1) is 0 Å². The highest BCUT2D eigenvalue weighted by Crippen LogP contribution is 2.36. The smallest absolute Gasteiger partial charge is 0.407 e. The zero-order valence-corrected chi connectivity index (χ0v) is 14.4. The lowest BCUT2D eigenvalue weighted by molar-refractivity contribution is 0.0528. The number of alkyl carbamates (subject to hydrolysis) is 1. The second kappa shape index (κ2) is 6.51. The average molecular weight is 320 g/mol. The van der Waals surface area contributed by atoms with Crippen molar-refractivity contribution in [2.45, 2.75) is 64.1 Å². The van der Waals surface area contributed by atoms with Gasteiger partial charge >= 0.3 is 6.09 Å². The summed E-state index contributed by atoms with van der Waals surface area (Å²) in [4.78, 5) is 18.7. The maximum Gasteiger partial charge on any atom is 0.407 e. The standard InChI is InChI=1S/C17H28N4O2/c1-17(2,3)23-16(22)19-8-6-13-11-18-12-21(13)15-7-10-20-9-4-5-14(15)20/h11-12,14-15H,4-10H2,1-3H3,(H,19,22). The van der Waals surface area contributed by atoms with Gasteiger partial charge in [0.2, 0.25) is 0 Å². The second-order valence-electron chi connectivity index (χ2n) is 7.57. The number of ether oxygens (including phenoxy) is 1. The fourth-order valence-corrected chi connectivity index (χ4v) is 3.81. The van der Waals surface area contributed by atoms with Gasteiger partial charge in [0.15, 0.2) is 0 Å². The van der Waals surface area contributed by atoms with E-state index in [-0.39, 0.29) is 6.09 Å². The molecule has 1 N–H and O–H groups in total. The number of imidazole rings is 1. The van der Waals surface area contributed by atoms with Crippen molar-refractivity contribution in [1.82, 2.24) is 19.8 Å². The Bertz CT molecular complexity index is 549. The number of rotatable bonds is 4. The summed E-state index contributed by atoms with van der Waals surface area (Å²) in [5.74, 6) is 0. The predicted molar refractivity (Wildman–Crippen MR) is 88.4 cm³/mol. The van der Waals surface area contributed by atoms with Crippen LogP contribution in [0.25, 0.3) is 0 Å². The highest BCUT2D eigenvalue weighted by molar-refractivity contribution is 5.67. The number of carbonyl (C=O) groups excluding carboxylic acids is 1. The Kier molecular flexibility index (Phi) is 4.62. The summed E-state index contributed by atoms with van der Waals surface area (Å²) in [6.07, 6.45) is 8.11. The van der Waals surface area contributed by atoms with Crippen molar-refractivity contribution < 1.29 is 9.53 Å². The Morgan fingerprint density at radius 2 is 2.17 bits per heavy atom. The largest absolute Gasteiger partial charge is 0.444 e. The van der Waals surface area contributed by atoms with Gasteiger partial charge in [-0.25, -0.2) is 9.78 Å². The molecule has 0 spiro atoms. The first-order chi connectivity index (χ1) is 10.9. The summed E-state index contributed by atoms with van der Waals surface area (Å²) in [6, 6.07) is 1.21. The molecule has 2 unspecified atom stereocenters. The van der Waals surface area contributed by atoms with Crippen LogP contribution in [0.4, 0.5) is 4.79 Å². The lowest BCUT2D eigenvalue weighted by Gasteiger charge is -2.23. The molecule has 2 aliphatic rings. The molecule has 0 saturated carbocycles. The number of nitrogens with one attached hydrogen (secondary N) is 1. The van der Waals surface area contributed by atoms with Gasteiger partial charge in [-0.2, -0.15) is 0 Å². The molecule has 1 amide bonds. The van der Waals surface area contributed by atoms with Crippen molar-refractivity contribution >= 4 is 6.09 Å². The lowest BCUT2D eigenvalue weighted by Crippen LogP contribution is -2.34. The summed E-state index contributed by atoms with van der Waals surface area (Å²) in [7, 11) is 0. The van der Waals surface area contributed by atoms with Crippen LogP contribution >= 0.6 is 0 Å². The van der Waals surface area contributed by atoms with E-state index in [1.54, 1.807) is 0 Å². The normalized spacial score (nSPS) is 24.7. The van der Waals surface area contributed by atoms with E-state index in [1.165, 1.54) is 38.0 Å². The van der Waals surface area contributed by atoms with Crippen molar-refractivity contribution in [3.8, 4) is 0 Å². The van der Waals surface area contributed by atoms with Crippen LogP contribution in [0.15, 0.2) is 12.5 Å². The van der Waals surface area contributed by atoms with Gasteiger partial charge in [-0.1, -0.05) is 0 Å². The first kappa shape index (κ1) is 16.3. The third-order valence-corrected chi connectivity index (χ3v) is 4.72. The summed E-state index contributed by atoms with van der Waals surface area (Å²) < 4.78 is 7.59. The number of aromatic nitrogens is 2. The van der Waals surface area contributed by atoms with Gasteiger partial charge in [0, 0.05) is 37.4 Å². The van der Waals surface area contributed by atoms with Gasteiger partial charge in [-0.3, -0.25) is 4.90 Å². The summed E-state index contributed by atoms with van der Waals surface area (Å²) in [6.45, 7) is 8.62. The van der Waals surface area contributed by atoms with Crippen LogP contribution in [0.5, 0.6) is 0 Å². The van der Waals surface area contributed by atoms with Gasteiger partial charge in [-0.15, -0.1) is 0 Å². The minimum absolute atomic E-state index is 0.355. The quantitative estimate of drug-likeness (QED) is 0.925. The van der Waals surface area contributed by atoms with Crippen LogP contribution in [0.2, 0.25) is 0 Å². The van der Waals surface area contributed by atoms with Crippen molar-refractivity contribution in [2.75, 3.05) is 19.6 Å². The van der Waals surface area contributed by atoms with Gasteiger partial charge in [-0.05, 0) is 46.6 Å². The molecule has 3 heterocycles. The van der Waals surface area contributed by atoms with Crippen LogP contribution in [0.1, 0.15) is 51.8 Å². The van der Waals surface area contributed by atoms with Gasteiger partial charge in [0.05, 0.1) is 12.4 Å². The summed E-state index contributed by atoms with van der Waals surface area (Å²) in [5.41, 5.74) is 0.738. The molecule has 1 aromatic rings. The number of hydrogen-bond acceptors (Lipinski definition) is 4. The van der Waals surface area contributed by atoms with E-state index < -0.39 is 5.60 Å². The van der Waals surface area contributed by atoms with Crippen LogP contribution in [-0.2, 0) is 11.2 Å². The van der Waals surface area contributed by atoms with E-state index in [0.717, 1.165) is 6.42 Å².